The van der Waals surface area contributed by atoms with Gasteiger partial charge < -0.3 is 5.32 Å². The molecule has 0 spiro atoms. The Hall–Kier alpha value is -1.72. The third-order valence-corrected chi connectivity index (χ3v) is 4.97. The fourth-order valence-electron chi connectivity index (χ4n) is 3.45. The maximum atomic E-state index is 12.1. The molecule has 1 aromatic heterocycles. The van der Waals surface area contributed by atoms with Crippen molar-refractivity contribution < 1.29 is 0 Å². The molecule has 1 aliphatic carbocycles. The van der Waals surface area contributed by atoms with Crippen LogP contribution in [0.3, 0.4) is 0 Å². The summed E-state index contributed by atoms with van der Waals surface area (Å²) >= 11 is 6.37. The Morgan fingerprint density at radius 1 is 1.32 bits per heavy atom. The molecule has 0 amide bonds. The lowest BCUT2D eigenvalue weighted by molar-refractivity contribution is 0.439. The third-order valence-electron chi connectivity index (χ3n) is 4.63. The van der Waals surface area contributed by atoms with Crippen LogP contribution in [0.4, 0.5) is 0 Å². The number of hydrogen-bond acceptors (Lipinski definition) is 4. The molecule has 1 fully saturated rings. The van der Waals surface area contributed by atoms with Crippen molar-refractivity contribution in [2.24, 2.45) is 5.10 Å². The molecule has 1 atom stereocenters. The van der Waals surface area contributed by atoms with Crippen LogP contribution in [0, 0.1) is 0 Å². The first-order chi connectivity index (χ1) is 10.6. The minimum absolute atomic E-state index is 0.193. The molecule has 4 rings (SSSR count). The molecule has 2 aliphatic heterocycles. The molecule has 22 heavy (non-hydrogen) atoms. The van der Waals surface area contributed by atoms with Crippen LogP contribution in [0.25, 0.3) is 0 Å². The normalized spacial score (nSPS) is 24.3. The Morgan fingerprint density at radius 3 is 2.86 bits per heavy atom. The summed E-state index contributed by atoms with van der Waals surface area (Å²) in [5, 5.41) is 8.76. The average Bonchev–Trinajstić information content (AvgIpc) is 2.91. The number of halogens is 1. The molecule has 3 heterocycles. The van der Waals surface area contributed by atoms with Gasteiger partial charge in [-0.15, -0.1) is 0 Å². The van der Waals surface area contributed by atoms with Gasteiger partial charge in [-0.1, -0.05) is 17.7 Å². The highest BCUT2D eigenvalue weighted by Gasteiger charge is 2.36. The molecule has 0 aromatic carbocycles. The molecule has 0 saturated carbocycles. The maximum absolute atomic E-state index is 12.1. The Labute approximate surface area is 133 Å². The summed E-state index contributed by atoms with van der Waals surface area (Å²) in [7, 11) is 0. The van der Waals surface area contributed by atoms with E-state index in [1.54, 1.807) is 6.07 Å². The van der Waals surface area contributed by atoms with Crippen LogP contribution in [0.2, 0.25) is 0 Å². The van der Waals surface area contributed by atoms with E-state index in [-0.39, 0.29) is 11.5 Å². The number of fused-ring (bicyclic) bond motifs is 3. The minimum Gasteiger partial charge on any atom is -0.317 e. The van der Waals surface area contributed by atoms with E-state index in [2.05, 4.69) is 10.3 Å². The van der Waals surface area contributed by atoms with Crippen molar-refractivity contribution in [3.05, 3.63) is 50.7 Å². The Balaban J connectivity index is 1.88. The number of nitrogens with zero attached hydrogens (tertiary/aromatic N) is 3. The minimum atomic E-state index is -0.201. The zero-order valence-corrected chi connectivity index (χ0v) is 13.1. The molecule has 1 N–H and O–H groups in total. The third kappa shape index (κ3) is 2.08. The van der Waals surface area contributed by atoms with Crippen molar-refractivity contribution in [2.45, 2.75) is 31.6 Å². The number of piperidine rings is 1. The Morgan fingerprint density at radius 2 is 2.09 bits per heavy atom. The van der Waals surface area contributed by atoms with E-state index in [9.17, 15) is 4.79 Å². The van der Waals surface area contributed by atoms with E-state index < -0.39 is 0 Å². The Kier molecular flexibility index (Phi) is 3.27. The summed E-state index contributed by atoms with van der Waals surface area (Å²) in [4.78, 5) is 16.3. The first kappa shape index (κ1) is 13.9. The second kappa shape index (κ2) is 5.18. The van der Waals surface area contributed by atoms with Gasteiger partial charge in [0.05, 0.1) is 17.3 Å². The predicted molar refractivity (Wildman–Crippen MR) is 86.6 cm³/mol. The first-order valence-electron chi connectivity index (χ1n) is 7.63. The maximum Gasteiger partial charge on any atom is 0.273 e. The van der Waals surface area contributed by atoms with Crippen molar-refractivity contribution in [1.82, 2.24) is 15.0 Å². The molecule has 1 saturated heterocycles. The molecule has 3 aliphatic rings. The van der Waals surface area contributed by atoms with Crippen LogP contribution in [0.5, 0.6) is 0 Å². The van der Waals surface area contributed by atoms with E-state index in [1.807, 2.05) is 23.8 Å². The molecule has 5 nitrogen and oxygen atoms in total. The monoisotopic (exact) mass is 316 g/mol. The van der Waals surface area contributed by atoms with Gasteiger partial charge in [0.15, 0.2) is 0 Å². The van der Waals surface area contributed by atoms with Gasteiger partial charge in [0, 0.05) is 17.0 Å². The fourth-order valence-corrected chi connectivity index (χ4v) is 3.72. The van der Waals surface area contributed by atoms with E-state index in [0.29, 0.717) is 16.8 Å². The van der Waals surface area contributed by atoms with Gasteiger partial charge >= 0.3 is 0 Å². The van der Waals surface area contributed by atoms with Crippen LogP contribution < -0.4 is 10.9 Å². The quantitative estimate of drug-likeness (QED) is 0.863. The number of rotatable bonds is 1. The lowest BCUT2D eigenvalue weighted by Gasteiger charge is -2.24. The zero-order valence-electron chi connectivity index (χ0n) is 12.3. The number of hydrogen-bond donors (Lipinski definition) is 1. The van der Waals surface area contributed by atoms with Crippen LogP contribution in [-0.2, 0) is 0 Å². The fraction of sp³-hybridized carbons (Fsp3) is 0.438. The molecule has 1 aromatic rings. The van der Waals surface area contributed by atoms with Crippen molar-refractivity contribution in [1.29, 1.82) is 0 Å². The summed E-state index contributed by atoms with van der Waals surface area (Å²) in [6, 6.07) is 1.64. The smallest absolute Gasteiger partial charge is 0.273 e. The summed E-state index contributed by atoms with van der Waals surface area (Å²) in [6.45, 7) is 3.95. The van der Waals surface area contributed by atoms with Gasteiger partial charge in [-0.05, 0) is 44.5 Å². The van der Waals surface area contributed by atoms with E-state index in [0.717, 1.165) is 42.9 Å². The van der Waals surface area contributed by atoms with Gasteiger partial charge in [0.2, 0.25) is 0 Å². The molecule has 114 valence electrons. The molecule has 6 heteroatoms. The zero-order chi connectivity index (χ0) is 15.3. The molecular weight excluding hydrogens is 300 g/mol. The van der Waals surface area contributed by atoms with Crippen molar-refractivity contribution in [3.63, 3.8) is 0 Å². The van der Waals surface area contributed by atoms with Crippen LogP contribution in [-0.4, -0.2) is 28.5 Å². The molecule has 0 bridgehead atoms. The van der Waals surface area contributed by atoms with E-state index in [1.165, 1.54) is 0 Å². The standard InChI is InChI=1S/C16H17ClN4O/c1-9-2-3-11(17)14-15(9)20-21-12(8-13(22)19-16(14)21)10-4-6-18-7-5-10/h2-3,8,10,14,18H,4-7H2,1H3. The van der Waals surface area contributed by atoms with Crippen LogP contribution in [0.1, 0.15) is 43.1 Å². The van der Waals surface area contributed by atoms with Gasteiger partial charge in [0.1, 0.15) is 5.82 Å². The Bertz CT molecular complexity index is 784. The van der Waals surface area contributed by atoms with Crippen molar-refractivity contribution >= 4 is 17.3 Å². The van der Waals surface area contributed by atoms with E-state index in [4.69, 9.17) is 16.7 Å². The average molecular weight is 317 g/mol. The second-order valence-electron chi connectivity index (χ2n) is 6.03. The second-order valence-corrected chi connectivity index (χ2v) is 6.47. The highest BCUT2D eigenvalue weighted by atomic mass is 35.5. The number of nitrogens with one attached hydrogen (secondary N) is 1. The van der Waals surface area contributed by atoms with Crippen LogP contribution >= 0.6 is 11.6 Å². The lowest BCUT2D eigenvalue weighted by atomic mass is 9.91. The topological polar surface area (TPSA) is 59.3 Å². The van der Waals surface area contributed by atoms with Crippen molar-refractivity contribution in [2.75, 3.05) is 13.1 Å². The van der Waals surface area contributed by atoms with Crippen molar-refractivity contribution in [3.8, 4) is 0 Å². The summed E-state index contributed by atoms with van der Waals surface area (Å²) in [5.41, 5.74) is 2.74. The first-order valence-corrected chi connectivity index (χ1v) is 8.01. The number of aromatic nitrogens is 2. The molecule has 1 unspecified atom stereocenters. The van der Waals surface area contributed by atoms with E-state index >= 15 is 0 Å². The van der Waals surface area contributed by atoms with Crippen LogP contribution in [0.15, 0.2) is 38.7 Å². The lowest BCUT2D eigenvalue weighted by Crippen LogP contribution is -2.29. The largest absolute Gasteiger partial charge is 0.317 e. The van der Waals surface area contributed by atoms with Gasteiger partial charge in [-0.25, -0.2) is 4.68 Å². The summed E-state index contributed by atoms with van der Waals surface area (Å²) in [5.74, 6) is 0.804. The predicted octanol–water partition coefficient (Wildman–Crippen LogP) is 2.09. The van der Waals surface area contributed by atoms with Gasteiger partial charge in [0.25, 0.3) is 5.56 Å². The van der Waals surface area contributed by atoms with Gasteiger partial charge in [-0.3, -0.25) is 4.79 Å². The molecular formula is C16H17ClN4O. The summed E-state index contributed by atoms with van der Waals surface area (Å²) < 4.78 is 1.86. The molecule has 0 radical (unpaired) electrons. The highest BCUT2D eigenvalue weighted by molar-refractivity contribution is 6.34. The SMILES string of the molecule is CC1=CC=C(Cl)C2C1=Nn1c(C3CCNCC3)cc(=O)nc12. The highest BCUT2D eigenvalue weighted by Crippen LogP contribution is 2.39. The number of allylic oxidation sites excluding steroid dienone is 4. The summed E-state index contributed by atoms with van der Waals surface area (Å²) in [6.07, 6.45) is 5.86. The van der Waals surface area contributed by atoms with Gasteiger partial charge in [-0.2, -0.15) is 10.1 Å².